The Morgan fingerprint density at radius 2 is 2.33 bits per heavy atom. The lowest BCUT2D eigenvalue weighted by Crippen LogP contribution is -2.13. The molecular weight excluding hydrogens is 228 g/mol. The summed E-state index contributed by atoms with van der Waals surface area (Å²) in [5.41, 5.74) is 2.45. The van der Waals surface area contributed by atoms with Gasteiger partial charge in [-0.05, 0) is 24.2 Å². The Bertz CT molecular complexity index is 507. The largest absolute Gasteiger partial charge is 0.322 e. The van der Waals surface area contributed by atoms with Crippen molar-refractivity contribution in [2.45, 2.75) is 13.5 Å². The maximum Gasteiger partial charge on any atom is 0.258 e. The van der Waals surface area contributed by atoms with E-state index in [0.29, 0.717) is 5.56 Å². The van der Waals surface area contributed by atoms with Crippen LogP contribution < -0.4 is 10.6 Å². The molecule has 5 nitrogen and oxygen atoms in total. The lowest BCUT2D eigenvalue weighted by Gasteiger charge is -2.06. The molecule has 0 fully saturated rings. The molecule has 1 aromatic carbocycles. The number of rotatable bonds is 5. The highest BCUT2D eigenvalue weighted by Gasteiger charge is 2.06. The quantitative estimate of drug-likeness (QED) is 0.750. The van der Waals surface area contributed by atoms with Crippen molar-refractivity contribution in [1.82, 2.24) is 15.5 Å². The molecule has 1 amide bonds. The van der Waals surface area contributed by atoms with Gasteiger partial charge in [0.2, 0.25) is 0 Å². The number of nitrogens with one attached hydrogen (secondary N) is 3. The molecule has 0 atom stereocenters. The second kappa shape index (κ2) is 5.97. The van der Waals surface area contributed by atoms with Crippen molar-refractivity contribution in [3.05, 3.63) is 47.8 Å². The molecule has 0 unspecified atom stereocenters. The molecule has 5 heteroatoms. The molecule has 0 spiro atoms. The lowest BCUT2D eigenvalue weighted by atomic mass is 10.2. The number of aromatic nitrogens is 2. The second-order valence-electron chi connectivity index (χ2n) is 3.92. The molecule has 3 N–H and O–H groups in total. The van der Waals surface area contributed by atoms with Crippen molar-refractivity contribution < 1.29 is 4.79 Å². The molecule has 0 saturated heterocycles. The molecule has 0 aliphatic carbocycles. The van der Waals surface area contributed by atoms with Crippen LogP contribution >= 0.6 is 0 Å². The van der Waals surface area contributed by atoms with E-state index in [4.69, 9.17) is 0 Å². The number of H-pyrrole nitrogens is 1. The zero-order valence-corrected chi connectivity index (χ0v) is 10.2. The summed E-state index contributed by atoms with van der Waals surface area (Å²) in [7, 11) is 0. The van der Waals surface area contributed by atoms with Gasteiger partial charge in [-0.25, -0.2) is 0 Å². The fourth-order valence-electron chi connectivity index (χ4n) is 1.61. The highest BCUT2D eigenvalue weighted by molar-refractivity contribution is 6.03. The highest BCUT2D eigenvalue weighted by atomic mass is 16.1. The number of hydrogen-bond donors (Lipinski definition) is 3. The number of nitrogens with zero attached hydrogens (tertiary/aromatic N) is 1. The summed E-state index contributed by atoms with van der Waals surface area (Å²) in [6.07, 6.45) is 3.07. The number of carbonyl (C=O) groups excluding carboxylic acids is 1. The van der Waals surface area contributed by atoms with Crippen LogP contribution in [0.15, 0.2) is 36.7 Å². The van der Waals surface area contributed by atoms with Crippen LogP contribution in [0.1, 0.15) is 22.8 Å². The van der Waals surface area contributed by atoms with E-state index in [0.717, 1.165) is 24.3 Å². The van der Waals surface area contributed by atoms with Gasteiger partial charge in [-0.1, -0.05) is 19.1 Å². The molecule has 94 valence electrons. The Kier molecular flexibility index (Phi) is 4.09. The minimum Gasteiger partial charge on any atom is -0.322 e. The van der Waals surface area contributed by atoms with E-state index < -0.39 is 0 Å². The molecule has 2 rings (SSSR count). The molecule has 0 radical (unpaired) electrons. The van der Waals surface area contributed by atoms with Gasteiger partial charge in [-0.15, -0.1) is 0 Å². The summed E-state index contributed by atoms with van der Waals surface area (Å²) in [5.74, 6) is -0.163. The predicted octanol–water partition coefficient (Wildman–Crippen LogP) is 1.77. The van der Waals surface area contributed by atoms with Gasteiger partial charge in [0.05, 0.1) is 11.8 Å². The Labute approximate surface area is 106 Å². The Morgan fingerprint density at radius 3 is 3.06 bits per heavy atom. The number of carbonyl (C=O) groups is 1. The van der Waals surface area contributed by atoms with Crippen molar-refractivity contribution in [2.24, 2.45) is 0 Å². The average Bonchev–Trinajstić information content (AvgIpc) is 2.91. The first-order valence-electron chi connectivity index (χ1n) is 5.89. The number of hydrogen-bond acceptors (Lipinski definition) is 3. The van der Waals surface area contributed by atoms with E-state index in [9.17, 15) is 4.79 Å². The van der Waals surface area contributed by atoms with Crippen LogP contribution in [-0.4, -0.2) is 22.6 Å². The fourth-order valence-corrected chi connectivity index (χ4v) is 1.61. The normalized spacial score (nSPS) is 10.3. The molecule has 0 aliphatic rings. The highest BCUT2D eigenvalue weighted by Crippen LogP contribution is 2.11. The third-order valence-electron chi connectivity index (χ3n) is 2.52. The lowest BCUT2D eigenvalue weighted by molar-refractivity contribution is 0.102. The first-order valence-corrected chi connectivity index (χ1v) is 5.89. The molecule has 0 saturated carbocycles. The molecule has 18 heavy (non-hydrogen) atoms. The standard InChI is InChI=1S/C13H16N4O/c1-2-14-7-10-4-3-5-12(6-10)17-13(18)11-8-15-16-9-11/h3-6,8-9,14H,2,7H2,1H3,(H,15,16)(H,17,18). The van der Waals surface area contributed by atoms with Gasteiger partial charge < -0.3 is 10.6 Å². The predicted molar refractivity (Wildman–Crippen MR) is 70.4 cm³/mol. The molecule has 0 bridgehead atoms. The summed E-state index contributed by atoms with van der Waals surface area (Å²) < 4.78 is 0. The number of anilines is 1. The minimum absolute atomic E-state index is 0.163. The monoisotopic (exact) mass is 244 g/mol. The number of amides is 1. The molecule has 1 heterocycles. The van der Waals surface area contributed by atoms with Crippen LogP contribution in [0.2, 0.25) is 0 Å². The SMILES string of the molecule is CCNCc1cccc(NC(=O)c2cn[nH]c2)c1. The Balaban J connectivity index is 2.03. The van der Waals surface area contributed by atoms with Crippen LogP contribution in [0.25, 0.3) is 0 Å². The van der Waals surface area contributed by atoms with Crippen LogP contribution in [0.4, 0.5) is 5.69 Å². The summed E-state index contributed by atoms with van der Waals surface area (Å²) >= 11 is 0. The van der Waals surface area contributed by atoms with Crippen LogP contribution in [0, 0.1) is 0 Å². The summed E-state index contributed by atoms with van der Waals surface area (Å²) in [6, 6.07) is 7.78. The van der Waals surface area contributed by atoms with Crippen molar-refractivity contribution in [1.29, 1.82) is 0 Å². The van der Waals surface area contributed by atoms with Gasteiger partial charge in [0, 0.05) is 18.4 Å². The number of benzene rings is 1. The van der Waals surface area contributed by atoms with Crippen LogP contribution in [0.3, 0.4) is 0 Å². The zero-order valence-electron chi connectivity index (χ0n) is 10.2. The minimum atomic E-state index is -0.163. The molecular formula is C13H16N4O. The van der Waals surface area contributed by atoms with Gasteiger partial charge in [0.1, 0.15) is 0 Å². The van der Waals surface area contributed by atoms with Crippen molar-refractivity contribution in [3.63, 3.8) is 0 Å². The fraction of sp³-hybridized carbons (Fsp3) is 0.231. The average molecular weight is 244 g/mol. The Hall–Kier alpha value is -2.14. The van der Waals surface area contributed by atoms with E-state index >= 15 is 0 Å². The number of aromatic amines is 1. The zero-order chi connectivity index (χ0) is 12.8. The molecule has 1 aromatic heterocycles. The van der Waals surface area contributed by atoms with E-state index in [1.54, 1.807) is 6.20 Å². The van der Waals surface area contributed by atoms with E-state index in [-0.39, 0.29) is 5.91 Å². The Morgan fingerprint density at radius 1 is 1.44 bits per heavy atom. The van der Waals surface area contributed by atoms with Gasteiger partial charge in [-0.3, -0.25) is 9.89 Å². The summed E-state index contributed by atoms with van der Waals surface area (Å²) in [5, 5.41) is 12.4. The van der Waals surface area contributed by atoms with Crippen molar-refractivity contribution in [2.75, 3.05) is 11.9 Å². The van der Waals surface area contributed by atoms with Gasteiger partial charge in [0.15, 0.2) is 0 Å². The molecule has 2 aromatic rings. The topological polar surface area (TPSA) is 69.8 Å². The van der Waals surface area contributed by atoms with Crippen molar-refractivity contribution in [3.8, 4) is 0 Å². The van der Waals surface area contributed by atoms with Crippen LogP contribution in [0.5, 0.6) is 0 Å². The van der Waals surface area contributed by atoms with Crippen molar-refractivity contribution >= 4 is 11.6 Å². The van der Waals surface area contributed by atoms with Gasteiger partial charge >= 0.3 is 0 Å². The summed E-state index contributed by atoms with van der Waals surface area (Å²) in [6.45, 7) is 3.78. The first kappa shape index (κ1) is 12.3. The third kappa shape index (κ3) is 3.18. The maximum absolute atomic E-state index is 11.8. The first-order chi connectivity index (χ1) is 8.79. The van der Waals surface area contributed by atoms with Gasteiger partial charge in [0.25, 0.3) is 5.91 Å². The van der Waals surface area contributed by atoms with E-state index in [1.807, 2.05) is 24.3 Å². The smallest absolute Gasteiger partial charge is 0.258 e. The van der Waals surface area contributed by atoms with E-state index in [2.05, 4.69) is 27.8 Å². The van der Waals surface area contributed by atoms with E-state index in [1.165, 1.54) is 6.20 Å². The second-order valence-corrected chi connectivity index (χ2v) is 3.92. The van der Waals surface area contributed by atoms with Crippen LogP contribution in [-0.2, 0) is 6.54 Å². The molecule has 0 aliphatic heterocycles. The summed E-state index contributed by atoms with van der Waals surface area (Å²) in [4.78, 5) is 11.8. The maximum atomic E-state index is 11.8. The van der Waals surface area contributed by atoms with Gasteiger partial charge in [-0.2, -0.15) is 5.10 Å². The third-order valence-corrected chi connectivity index (χ3v) is 2.52.